The Hall–Kier alpha value is -3.74. The molecule has 7 nitrogen and oxygen atoms in total. The third kappa shape index (κ3) is 5.37. The van der Waals surface area contributed by atoms with Crippen LogP contribution in [0.1, 0.15) is 61.0 Å². The highest BCUT2D eigenvalue weighted by Gasteiger charge is 2.22. The number of nitrogens with two attached hydrogens (primary N) is 1. The van der Waals surface area contributed by atoms with E-state index in [2.05, 4.69) is 28.8 Å². The number of hydrogen-bond acceptors (Lipinski definition) is 5. The van der Waals surface area contributed by atoms with Crippen LogP contribution in [0.5, 0.6) is 5.88 Å². The Morgan fingerprint density at radius 2 is 1.85 bits per heavy atom. The van der Waals surface area contributed by atoms with Gasteiger partial charge in [0.2, 0.25) is 5.88 Å². The van der Waals surface area contributed by atoms with Crippen LogP contribution in [-0.4, -0.2) is 36.8 Å². The van der Waals surface area contributed by atoms with Crippen molar-refractivity contribution < 1.29 is 14.3 Å². The lowest BCUT2D eigenvalue weighted by Crippen LogP contribution is -2.19. The number of carbonyl (C=O) groups is 1. The van der Waals surface area contributed by atoms with Crippen molar-refractivity contribution in [2.45, 2.75) is 39.5 Å². The van der Waals surface area contributed by atoms with Gasteiger partial charge in [-0.1, -0.05) is 44.2 Å². The molecular formula is C26H30N4O3. The molecule has 0 bridgehead atoms. The van der Waals surface area contributed by atoms with Gasteiger partial charge in [0.05, 0.1) is 24.9 Å². The number of amidine groups is 1. The molecular weight excluding hydrogens is 416 g/mol. The number of ether oxygens (including phenoxy) is 2. The molecule has 0 fully saturated rings. The molecule has 0 unspecified atom stereocenters. The van der Waals surface area contributed by atoms with Crippen molar-refractivity contribution in [3.8, 4) is 5.88 Å². The number of nitrogens with zero attached hydrogens (tertiary/aromatic N) is 3. The molecule has 0 aliphatic rings. The average molecular weight is 447 g/mol. The number of rotatable bonds is 9. The number of fused-ring (bicyclic) bond motifs is 1. The van der Waals surface area contributed by atoms with Gasteiger partial charge in [-0.15, -0.1) is 0 Å². The van der Waals surface area contributed by atoms with Gasteiger partial charge >= 0.3 is 5.97 Å². The second-order valence-electron chi connectivity index (χ2n) is 7.48. The zero-order chi connectivity index (χ0) is 23.8. The van der Waals surface area contributed by atoms with Crippen LogP contribution < -0.4 is 10.5 Å². The second-order valence-corrected chi connectivity index (χ2v) is 7.48. The molecule has 0 atom stereocenters. The summed E-state index contributed by atoms with van der Waals surface area (Å²) >= 11 is 0. The fourth-order valence-electron chi connectivity index (χ4n) is 3.82. The van der Waals surface area contributed by atoms with Crippen LogP contribution in [0.4, 0.5) is 5.69 Å². The third-order valence-corrected chi connectivity index (χ3v) is 5.52. The van der Waals surface area contributed by atoms with E-state index in [1.165, 1.54) is 13.4 Å². The molecule has 1 aromatic heterocycles. The van der Waals surface area contributed by atoms with Crippen LogP contribution in [0.3, 0.4) is 0 Å². The standard InChI is InChI=1S/C26H30N4O3/c1-5-17(6-2)20-14-13-18-15-21(26(31)33-7-3)25(32-4)30-23(18)22(20)24(27)29-16-28-19-11-9-8-10-12-19/h8-17H,5-7H2,1-4H3,(H2,27,28,29). The Kier molecular flexibility index (Phi) is 8.13. The van der Waals surface area contributed by atoms with E-state index in [-0.39, 0.29) is 24.0 Å². The van der Waals surface area contributed by atoms with Crippen molar-refractivity contribution in [3.05, 3.63) is 65.2 Å². The first-order valence-electron chi connectivity index (χ1n) is 11.1. The van der Waals surface area contributed by atoms with Gasteiger partial charge in [-0.25, -0.2) is 19.8 Å². The Morgan fingerprint density at radius 3 is 2.48 bits per heavy atom. The summed E-state index contributed by atoms with van der Waals surface area (Å²) in [6, 6.07) is 15.2. The van der Waals surface area contributed by atoms with E-state index < -0.39 is 5.97 Å². The smallest absolute Gasteiger partial charge is 0.343 e. The van der Waals surface area contributed by atoms with Crippen LogP contribution >= 0.6 is 0 Å². The summed E-state index contributed by atoms with van der Waals surface area (Å²) in [6.45, 7) is 6.31. The van der Waals surface area contributed by atoms with Gasteiger partial charge in [-0.05, 0) is 49.4 Å². The molecule has 0 spiro atoms. The van der Waals surface area contributed by atoms with Gasteiger partial charge in [-0.3, -0.25) is 0 Å². The highest BCUT2D eigenvalue weighted by atomic mass is 16.5. The van der Waals surface area contributed by atoms with Crippen molar-refractivity contribution >= 4 is 34.7 Å². The Balaban J connectivity index is 2.19. The molecule has 0 saturated heterocycles. The highest BCUT2D eigenvalue weighted by molar-refractivity contribution is 6.12. The minimum Gasteiger partial charge on any atom is -0.480 e. The molecule has 0 aliphatic heterocycles. The molecule has 3 rings (SSSR count). The van der Waals surface area contributed by atoms with E-state index in [1.807, 2.05) is 42.5 Å². The minimum atomic E-state index is -0.481. The SMILES string of the molecule is CCOC(=O)c1cc2ccc(C(CC)CC)c(C(N)=NC=Nc3ccccc3)c2nc1OC. The van der Waals surface area contributed by atoms with Crippen LogP contribution in [0.2, 0.25) is 0 Å². The van der Waals surface area contributed by atoms with Crippen molar-refractivity contribution in [2.75, 3.05) is 13.7 Å². The van der Waals surface area contributed by atoms with E-state index in [1.54, 1.807) is 13.0 Å². The highest BCUT2D eigenvalue weighted by Crippen LogP contribution is 2.33. The summed E-state index contributed by atoms with van der Waals surface area (Å²) in [7, 11) is 1.48. The largest absolute Gasteiger partial charge is 0.480 e. The number of aliphatic imine (C=N–C) groups is 2. The van der Waals surface area contributed by atoms with E-state index >= 15 is 0 Å². The zero-order valence-corrected chi connectivity index (χ0v) is 19.5. The first-order chi connectivity index (χ1) is 16.0. The van der Waals surface area contributed by atoms with Gasteiger partial charge in [0.15, 0.2) is 0 Å². The van der Waals surface area contributed by atoms with Crippen molar-refractivity contribution in [2.24, 2.45) is 15.7 Å². The fraction of sp³-hybridized carbons (Fsp3) is 0.308. The molecule has 3 aromatic rings. The molecule has 2 N–H and O–H groups in total. The average Bonchev–Trinajstić information content (AvgIpc) is 2.84. The first kappa shape index (κ1) is 23.9. The number of benzene rings is 2. The van der Waals surface area contributed by atoms with Crippen LogP contribution in [0.25, 0.3) is 10.9 Å². The molecule has 0 radical (unpaired) electrons. The van der Waals surface area contributed by atoms with Gasteiger partial charge in [0.1, 0.15) is 17.7 Å². The Bertz CT molecular complexity index is 1170. The summed E-state index contributed by atoms with van der Waals surface area (Å²) in [5, 5.41) is 0.752. The van der Waals surface area contributed by atoms with Gasteiger partial charge in [0.25, 0.3) is 0 Å². The lowest BCUT2D eigenvalue weighted by molar-refractivity contribution is 0.0522. The maximum atomic E-state index is 12.4. The molecule has 172 valence electrons. The molecule has 0 aliphatic carbocycles. The third-order valence-electron chi connectivity index (χ3n) is 5.52. The minimum absolute atomic E-state index is 0.189. The number of aromatic nitrogens is 1. The molecule has 1 heterocycles. The summed E-state index contributed by atoms with van der Waals surface area (Å²) < 4.78 is 10.6. The predicted molar refractivity (Wildman–Crippen MR) is 133 cm³/mol. The Morgan fingerprint density at radius 1 is 1.12 bits per heavy atom. The maximum Gasteiger partial charge on any atom is 0.343 e. The first-order valence-corrected chi connectivity index (χ1v) is 11.1. The maximum absolute atomic E-state index is 12.4. The molecule has 7 heteroatoms. The summed E-state index contributed by atoms with van der Waals surface area (Å²) in [5.74, 6) is 0.294. The van der Waals surface area contributed by atoms with Crippen molar-refractivity contribution in [3.63, 3.8) is 0 Å². The van der Waals surface area contributed by atoms with E-state index in [0.717, 1.165) is 35.0 Å². The number of methoxy groups -OCH3 is 1. The molecule has 33 heavy (non-hydrogen) atoms. The fourth-order valence-corrected chi connectivity index (χ4v) is 3.82. The monoisotopic (exact) mass is 446 g/mol. The molecule has 0 amide bonds. The second kappa shape index (κ2) is 11.2. The Labute approximate surface area is 194 Å². The van der Waals surface area contributed by atoms with Gasteiger partial charge in [0, 0.05) is 10.9 Å². The lowest BCUT2D eigenvalue weighted by atomic mass is 9.88. The summed E-state index contributed by atoms with van der Waals surface area (Å²) in [6.07, 6.45) is 3.33. The quantitative estimate of drug-likeness (QED) is 0.270. The number of carbonyl (C=O) groups excluding carboxylic acids is 1. The van der Waals surface area contributed by atoms with Crippen LogP contribution in [-0.2, 0) is 4.74 Å². The molecule has 2 aromatic carbocycles. The number of hydrogen-bond donors (Lipinski definition) is 1. The van der Waals surface area contributed by atoms with Crippen molar-refractivity contribution in [1.29, 1.82) is 0 Å². The van der Waals surface area contributed by atoms with Crippen molar-refractivity contribution in [1.82, 2.24) is 4.98 Å². The van der Waals surface area contributed by atoms with E-state index in [9.17, 15) is 4.79 Å². The number of esters is 1. The molecule has 0 saturated carbocycles. The van der Waals surface area contributed by atoms with Crippen LogP contribution in [0.15, 0.2) is 58.5 Å². The zero-order valence-electron chi connectivity index (χ0n) is 19.5. The van der Waals surface area contributed by atoms with E-state index in [4.69, 9.17) is 15.2 Å². The number of pyridine rings is 1. The topological polar surface area (TPSA) is 99.2 Å². The normalized spacial score (nSPS) is 12.0. The summed E-state index contributed by atoms with van der Waals surface area (Å²) in [4.78, 5) is 25.9. The van der Waals surface area contributed by atoms with Crippen LogP contribution in [0, 0.1) is 0 Å². The lowest BCUT2D eigenvalue weighted by Gasteiger charge is -2.19. The predicted octanol–water partition coefficient (Wildman–Crippen LogP) is 5.39. The van der Waals surface area contributed by atoms with Gasteiger partial charge in [-0.2, -0.15) is 0 Å². The summed E-state index contributed by atoms with van der Waals surface area (Å²) in [5.41, 5.74) is 9.96. The van der Waals surface area contributed by atoms with E-state index in [0.29, 0.717) is 11.4 Å². The number of para-hydroxylation sites is 1. The van der Waals surface area contributed by atoms with Gasteiger partial charge < -0.3 is 15.2 Å².